The number of benzene rings is 8. The van der Waals surface area contributed by atoms with Crippen molar-refractivity contribution in [2.24, 2.45) is 0 Å². The fourth-order valence-corrected chi connectivity index (χ4v) is 12.5. The van der Waals surface area contributed by atoms with Gasteiger partial charge in [-0.3, -0.25) is 9.97 Å². The summed E-state index contributed by atoms with van der Waals surface area (Å²) in [7, 11) is 0. The summed E-state index contributed by atoms with van der Waals surface area (Å²) < 4.78 is 18.5. The molecule has 6 heteroatoms. The van der Waals surface area contributed by atoms with Gasteiger partial charge in [-0.1, -0.05) is 84.9 Å². The molecule has 8 aromatic carbocycles. The standard InChI is InChI=1S/C54H28N2O2S2/c1-3-13-41-33(7-1)35-9-5-11-37(51(35)57-41)47-39(29-19-23-55-24-20-29)27-31-15-18-44-49-45(31)53(47)59-43-17-16-32-28-40(30-21-25-56-26-22-30)48(54(60-44)46(32)50(43)49)38-12-6-10-36-34-8-2-4-14-42(34)58-52(36)38/h1-28H. The number of rotatable bonds is 4. The molecule has 0 saturated carbocycles. The largest absolute Gasteiger partial charge is 0.455 e. The summed E-state index contributed by atoms with van der Waals surface area (Å²) in [4.78, 5) is 8.81. The first-order valence-corrected chi connectivity index (χ1v) is 21.7. The highest BCUT2D eigenvalue weighted by atomic mass is 32.1. The van der Waals surface area contributed by atoms with E-state index in [2.05, 4.69) is 143 Å². The van der Waals surface area contributed by atoms with Gasteiger partial charge in [-0.05, 0) is 93.7 Å². The van der Waals surface area contributed by atoms with Crippen LogP contribution in [-0.4, -0.2) is 9.97 Å². The maximum Gasteiger partial charge on any atom is 0.143 e. The van der Waals surface area contributed by atoms with Gasteiger partial charge in [0.25, 0.3) is 0 Å². The Morgan fingerprint density at radius 3 is 1.27 bits per heavy atom. The third kappa shape index (κ3) is 4.38. The number of furan rings is 2. The number of aromatic nitrogens is 2. The Hall–Kier alpha value is -7.38. The van der Waals surface area contributed by atoms with E-state index >= 15 is 0 Å². The minimum atomic E-state index is 0.894. The first-order chi connectivity index (χ1) is 29.8. The molecule has 0 saturated heterocycles. The van der Waals surface area contributed by atoms with Crippen molar-refractivity contribution >= 4 is 107 Å². The predicted molar refractivity (Wildman–Crippen MR) is 252 cm³/mol. The summed E-state index contributed by atoms with van der Waals surface area (Å²) in [5.74, 6) is 0. The van der Waals surface area contributed by atoms with Crippen molar-refractivity contribution in [2.75, 3.05) is 0 Å². The third-order valence-electron chi connectivity index (χ3n) is 12.4. The van der Waals surface area contributed by atoms with Crippen molar-refractivity contribution in [3.8, 4) is 55.6 Å². The van der Waals surface area contributed by atoms with Crippen LogP contribution in [0.15, 0.2) is 179 Å². The minimum Gasteiger partial charge on any atom is -0.455 e. The highest BCUT2D eigenvalue weighted by molar-refractivity contribution is 7.27. The molecule has 2 aliphatic heterocycles. The van der Waals surface area contributed by atoms with E-state index in [1.807, 2.05) is 59.6 Å². The average molecular weight is 801 g/mol. The van der Waals surface area contributed by atoms with Crippen molar-refractivity contribution in [1.82, 2.24) is 9.97 Å². The maximum absolute atomic E-state index is 6.76. The number of nitrogens with zero attached hydrogens (tertiary/aromatic N) is 2. The number of hydrogen-bond acceptors (Lipinski definition) is 6. The summed E-state index contributed by atoms with van der Waals surface area (Å²) in [6.07, 6.45) is 7.56. The molecule has 0 spiro atoms. The molecule has 0 radical (unpaired) electrons. The lowest BCUT2D eigenvalue weighted by Crippen LogP contribution is -1.97. The normalized spacial score (nSPS) is 12.3. The zero-order valence-corrected chi connectivity index (χ0v) is 33.3. The van der Waals surface area contributed by atoms with Crippen LogP contribution in [0.3, 0.4) is 0 Å². The second kappa shape index (κ2) is 12.1. The molecule has 0 N–H and O–H groups in total. The van der Waals surface area contributed by atoms with Crippen LogP contribution in [0, 0.1) is 0 Å². The highest BCUT2D eigenvalue weighted by Gasteiger charge is 2.29. The molecule has 4 aromatic heterocycles. The van der Waals surface area contributed by atoms with Crippen LogP contribution in [0.4, 0.5) is 0 Å². The van der Waals surface area contributed by atoms with Crippen molar-refractivity contribution in [1.29, 1.82) is 0 Å². The van der Waals surface area contributed by atoms with Crippen LogP contribution in [0.2, 0.25) is 0 Å². The summed E-state index contributed by atoms with van der Waals surface area (Å²) in [6, 6.07) is 52.5. The van der Waals surface area contributed by atoms with Gasteiger partial charge in [0.1, 0.15) is 22.3 Å². The van der Waals surface area contributed by atoms with E-state index in [1.165, 1.54) is 62.6 Å². The van der Waals surface area contributed by atoms with Gasteiger partial charge in [-0.15, -0.1) is 22.7 Å². The second-order valence-electron chi connectivity index (χ2n) is 15.6. The van der Waals surface area contributed by atoms with E-state index < -0.39 is 0 Å². The Labute approximate surface area is 349 Å². The van der Waals surface area contributed by atoms with E-state index in [-0.39, 0.29) is 0 Å². The van der Waals surface area contributed by atoms with E-state index in [0.29, 0.717) is 0 Å². The molecule has 278 valence electrons. The van der Waals surface area contributed by atoms with Gasteiger partial charge >= 0.3 is 0 Å². The molecule has 2 aliphatic rings. The topological polar surface area (TPSA) is 52.1 Å². The highest BCUT2D eigenvalue weighted by Crippen LogP contribution is 2.58. The van der Waals surface area contributed by atoms with Gasteiger partial charge in [0.15, 0.2) is 0 Å². The van der Waals surface area contributed by atoms with E-state index in [0.717, 1.165) is 77.3 Å². The monoisotopic (exact) mass is 800 g/mol. The fraction of sp³-hybridized carbons (Fsp3) is 0. The Morgan fingerprint density at radius 1 is 0.367 bits per heavy atom. The molecule has 0 bridgehead atoms. The number of pyridine rings is 2. The van der Waals surface area contributed by atoms with Crippen LogP contribution < -0.4 is 0 Å². The van der Waals surface area contributed by atoms with Gasteiger partial charge in [0.2, 0.25) is 0 Å². The predicted octanol–water partition coefficient (Wildman–Crippen LogP) is 16.2. The summed E-state index contributed by atoms with van der Waals surface area (Å²) in [5, 5.41) is 9.50. The molecule has 12 aromatic rings. The van der Waals surface area contributed by atoms with E-state index in [9.17, 15) is 0 Å². The zero-order valence-electron chi connectivity index (χ0n) is 31.7. The Kier molecular flexibility index (Phi) is 6.56. The molecule has 4 nitrogen and oxygen atoms in total. The molecule has 0 aliphatic carbocycles. The van der Waals surface area contributed by atoms with Crippen LogP contribution in [0.5, 0.6) is 0 Å². The van der Waals surface area contributed by atoms with Crippen molar-refractivity contribution in [3.63, 3.8) is 0 Å². The van der Waals surface area contributed by atoms with Gasteiger partial charge in [-0.25, -0.2) is 0 Å². The molecule has 14 rings (SSSR count). The number of para-hydroxylation sites is 4. The quantitative estimate of drug-likeness (QED) is 0.131. The number of hydrogen-bond donors (Lipinski definition) is 0. The SMILES string of the molecule is c1ccc2c(c1)oc1c(-c3c(-c4ccncc4)cc4ccc5sc6c(-c7cccc8c7oc7ccccc78)c(-c7ccncc7)cc7ccc8sc3c4c5-c8c76)cccc12. The molecule has 0 fully saturated rings. The Bertz CT molecular complexity index is 3740. The zero-order chi connectivity index (χ0) is 39.1. The van der Waals surface area contributed by atoms with Crippen LogP contribution >= 0.6 is 22.7 Å². The molecule has 0 amide bonds. The fourth-order valence-electron chi connectivity index (χ4n) is 9.91. The van der Waals surface area contributed by atoms with Gasteiger partial charge in [-0.2, -0.15) is 0 Å². The van der Waals surface area contributed by atoms with Crippen LogP contribution in [0.25, 0.3) is 140 Å². The molecule has 6 heterocycles. The van der Waals surface area contributed by atoms with Gasteiger partial charge < -0.3 is 8.83 Å². The van der Waals surface area contributed by atoms with Crippen molar-refractivity contribution in [3.05, 3.63) is 170 Å². The maximum atomic E-state index is 6.76. The smallest absolute Gasteiger partial charge is 0.143 e. The molecule has 0 unspecified atom stereocenters. The minimum absolute atomic E-state index is 0.894. The first kappa shape index (κ1) is 32.6. The molecular formula is C54H28N2O2S2. The lowest BCUT2D eigenvalue weighted by Gasteiger charge is -2.25. The lowest BCUT2D eigenvalue weighted by molar-refractivity contribution is 0.669. The Morgan fingerprint density at radius 2 is 0.800 bits per heavy atom. The van der Waals surface area contributed by atoms with Crippen molar-refractivity contribution in [2.45, 2.75) is 0 Å². The molecule has 0 atom stereocenters. The summed E-state index contributed by atoms with van der Waals surface area (Å²) in [5.41, 5.74) is 15.3. The number of fused-ring (bicyclic) bond motifs is 6. The second-order valence-corrected chi connectivity index (χ2v) is 17.7. The molecule has 60 heavy (non-hydrogen) atoms. The lowest BCUT2D eigenvalue weighted by atomic mass is 9.85. The third-order valence-corrected chi connectivity index (χ3v) is 14.8. The van der Waals surface area contributed by atoms with Gasteiger partial charge in [0, 0.05) is 109 Å². The summed E-state index contributed by atoms with van der Waals surface area (Å²) in [6.45, 7) is 0. The van der Waals surface area contributed by atoms with Gasteiger partial charge in [0.05, 0.1) is 0 Å². The average Bonchev–Trinajstić information content (AvgIpc) is 3.89. The van der Waals surface area contributed by atoms with E-state index in [1.54, 1.807) is 0 Å². The van der Waals surface area contributed by atoms with E-state index in [4.69, 9.17) is 8.83 Å². The molecular weight excluding hydrogens is 773 g/mol. The van der Waals surface area contributed by atoms with Crippen LogP contribution in [-0.2, 0) is 0 Å². The first-order valence-electron chi connectivity index (χ1n) is 20.0. The summed E-state index contributed by atoms with van der Waals surface area (Å²) >= 11 is 3.77. The Balaban J connectivity index is 1.15. The van der Waals surface area contributed by atoms with Crippen molar-refractivity contribution < 1.29 is 8.83 Å². The van der Waals surface area contributed by atoms with Crippen LogP contribution in [0.1, 0.15) is 0 Å².